The topological polar surface area (TPSA) is 32.3 Å². The van der Waals surface area contributed by atoms with Crippen molar-refractivity contribution >= 4 is 17.5 Å². The van der Waals surface area contributed by atoms with Gasteiger partial charge in [-0.1, -0.05) is 35.9 Å². The minimum Gasteiger partial charge on any atom is -0.338 e. The lowest BCUT2D eigenvalue weighted by Crippen LogP contribution is -2.56. The molecule has 1 heterocycles. The average molecular weight is 389 g/mol. The Kier molecular flexibility index (Phi) is 6.86. The molecule has 5 heteroatoms. The van der Waals surface area contributed by atoms with Crippen molar-refractivity contribution < 1.29 is 9.18 Å². The van der Waals surface area contributed by atoms with Crippen molar-refractivity contribution in [2.45, 2.75) is 44.7 Å². The van der Waals surface area contributed by atoms with E-state index >= 15 is 0 Å². The van der Waals surface area contributed by atoms with Crippen LogP contribution in [0.3, 0.4) is 0 Å². The normalized spacial score (nSPS) is 19.9. The second-order valence-corrected chi connectivity index (χ2v) is 7.63. The van der Waals surface area contributed by atoms with Crippen LogP contribution in [-0.4, -0.2) is 36.0 Å². The standard InChI is InChI=1S/C22H26ClFN2O/c1-16(27)26-14-2-3-21(22(26)15-18-6-10-20(24)11-7-18)25-13-12-17-4-8-19(23)9-5-17/h4-11,21-22,25H,2-3,12-15H2,1H3/t21-,22-/m0/s1. The van der Waals surface area contributed by atoms with E-state index in [-0.39, 0.29) is 23.8 Å². The molecule has 1 amide bonds. The Hall–Kier alpha value is -1.91. The van der Waals surface area contributed by atoms with Gasteiger partial charge in [0.25, 0.3) is 0 Å². The molecule has 2 aromatic rings. The average Bonchev–Trinajstić information content (AvgIpc) is 2.66. The molecule has 0 bridgehead atoms. The van der Waals surface area contributed by atoms with Crippen molar-refractivity contribution in [1.82, 2.24) is 10.2 Å². The first kappa shape index (κ1) is 19.8. The molecule has 1 fully saturated rings. The maximum Gasteiger partial charge on any atom is 0.219 e. The van der Waals surface area contributed by atoms with E-state index in [2.05, 4.69) is 5.32 Å². The van der Waals surface area contributed by atoms with Crippen LogP contribution in [0.25, 0.3) is 0 Å². The molecule has 1 saturated heterocycles. The number of amides is 1. The van der Waals surface area contributed by atoms with Gasteiger partial charge in [0.2, 0.25) is 5.91 Å². The minimum atomic E-state index is -0.233. The van der Waals surface area contributed by atoms with Gasteiger partial charge in [-0.3, -0.25) is 4.79 Å². The van der Waals surface area contributed by atoms with E-state index in [4.69, 9.17) is 11.6 Å². The smallest absolute Gasteiger partial charge is 0.219 e. The third-order valence-electron chi connectivity index (χ3n) is 5.27. The Bertz CT molecular complexity index is 748. The van der Waals surface area contributed by atoms with Crippen molar-refractivity contribution in [2.24, 2.45) is 0 Å². The maximum absolute atomic E-state index is 13.2. The Morgan fingerprint density at radius 3 is 2.48 bits per heavy atom. The SMILES string of the molecule is CC(=O)N1CCC[C@H](NCCc2ccc(Cl)cc2)[C@@H]1Cc1ccc(F)cc1. The van der Waals surface area contributed by atoms with Crippen molar-refractivity contribution in [3.63, 3.8) is 0 Å². The summed E-state index contributed by atoms with van der Waals surface area (Å²) in [4.78, 5) is 14.1. The van der Waals surface area contributed by atoms with Crippen LogP contribution in [0.5, 0.6) is 0 Å². The molecule has 0 aromatic heterocycles. The fraction of sp³-hybridized carbons (Fsp3) is 0.409. The number of rotatable bonds is 6. The van der Waals surface area contributed by atoms with Gasteiger partial charge < -0.3 is 10.2 Å². The third kappa shape index (κ3) is 5.53. The zero-order valence-corrected chi connectivity index (χ0v) is 16.4. The molecule has 1 N–H and O–H groups in total. The molecule has 27 heavy (non-hydrogen) atoms. The van der Waals surface area contributed by atoms with Gasteiger partial charge in [0.05, 0.1) is 6.04 Å². The summed E-state index contributed by atoms with van der Waals surface area (Å²) in [6, 6.07) is 14.8. The van der Waals surface area contributed by atoms with Crippen LogP contribution < -0.4 is 5.32 Å². The molecule has 1 aliphatic heterocycles. The number of hydrogen-bond acceptors (Lipinski definition) is 2. The number of carbonyl (C=O) groups excluding carboxylic acids is 1. The van der Waals surface area contributed by atoms with Gasteiger partial charge in [-0.25, -0.2) is 4.39 Å². The highest BCUT2D eigenvalue weighted by molar-refractivity contribution is 6.30. The number of likely N-dealkylation sites (tertiary alicyclic amines) is 1. The summed E-state index contributed by atoms with van der Waals surface area (Å²) >= 11 is 5.94. The van der Waals surface area contributed by atoms with Crippen LogP contribution >= 0.6 is 11.6 Å². The monoisotopic (exact) mass is 388 g/mol. The Balaban J connectivity index is 1.65. The summed E-state index contributed by atoms with van der Waals surface area (Å²) < 4.78 is 13.2. The lowest BCUT2D eigenvalue weighted by Gasteiger charge is -2.41. The van der Waals surface area contributed by atoms with Crippen molar-refractivity contribution in [2.75, 3.05) is 13.1 Å². The van der Waals surface area contributed by atoms with E-state index in [1.807, 2.05) is 41.3 Å². The maximum atomic E-state index is 13.2. The van der Waals surface area contributed by atoms with Crippen LogP contribution in [0.1, 0.15) is 30.9 Å². The van der Waals surface area contributed by atoms with Gasteiger partial charge in [0, 0.05) is 24.5 Å². The summed E-state index contributed by atoms with van der Waals surface area (Å²) in [6.07, 6.45) is 3.68. The van der Waals surface area contributed by atoms with Gasteiger partial charge in [-0.05, 0) is 67.6 Å². The summed E-state index contributed by atoms with van der Waals surface area (Å²) in [5.74, 6) is -0.130. The third-order valence-corrected chi connectivity index (χ3v) is 5.53. The molecule has 0 radical (unpaired) electrons. The molecule has 2 aromatic carbocycles. The van der Waals surface area contributed by atoms with E-state index < -0.39 is 0 Å². The first-order valence-corrected chi connectivity index (χ1v) is 9.90. The Morgan fingerprint density at radius 1 is 1.15 bits per heavy atom. The Labute approximate surface area is 165 Å². The van der Waals surface area contributed by atoms with Crippen molar-refractivity contribution in [1.29, 1.82) is 0 Å². The van der Waals surface area contributed by atoms with Crippen molar-refractivity contribution in [3.05, 3.63) is 70.5 Å². The minimum absolute atomic E-state index is 0.0897. The lowest BCUT2D eigenvalue weighted by atomic mass is 9.90. The number of nitrogens with zero attached hydrogens (tertiary/aromatic N) is 1. The summed E-state index contributed by atoms with van der Waals surface area (Å²) in [5.41, 5.74) is 2.29. The van der Waals surface area contributed by atoms with Crippen LogP contribution in [-0.2, 0) is 17.6 Å². The van der Waals surface area contributed by atoms with Crippen LogP contribution in [0.15, 0.2) is 48.5 Å². The van der Waals surface area contributed by atoms with Crippen LogP contribution in [0.4, 0.5) is 4.39 Å². The summed E-state index contributed by atoms with van der Waals surface area (Å²) in [7, 11) is 0. The molecule has 0 aliphatic carbocycles. The summed E-state index contributed by atoms with van der Waals surface area (Å²) in [5, 5.41) is 4.40. The van der Waals surface area contributed by atoms with Crippen LogP contribution in [0.2, 0.25) is 5.02 Å². The molecular formula is C22H26ClFN2O. The number of benzene rings is 2. The number of carbonyl (C=O) groups is 1. The molecule has 0 spiro atoms. The fourth-order valence-corrected chi connectivity index (χ4v) is 3.98. The first-order valence-electron chi connectivity index (χ1n) is 9.52. The van der Waals surface area contributed by atoms with Gasteiger partial charge in [0.1, 0.15) is 5.82 Å². The van der Waals surface area contributed by atoms with E-state index in [1.165, 1.54) is 17.7 Å². The molecular weight excluding hydrogens is 363 g/mol. The molecule has 1 aliphatic rings. The lowest BCUT2D eigenvalue weighted by molar-refractivity contribution is -0.133. The van der Waals surface area contributed by atoms with Gasteiger partial charge in [0.15, 0.2) is 0 Å². The number of nitrogens with one attached hydrogen (secondary N) is 1. The number of piperidine rings is 1. The number of halogens is 2. The highest BCUT2D eigenvalue weighted by Crippen LogP contribution is 2.22. The highest BCUT2D eigenvalue weighted by atomic mass is 35.5. The molecule has 3 rings (SSSR count). The highest BCUT2D eigenvalue weighted by Gasteiger charge is 2.32. The van der Waals surface area contributed by atoms with E-state index in [0.29, 0.717) is 0 Å². The fourth-order valence-electron chi connectivity index (χ4n) is 3.85. The quantitative estimate of drug-likeness (QED) is 0.803. The Morgan fingerprint density at radius 2 is 1.81 bits per heavy atom. The largest absolute Gasteiger partial charge is 0.338 e. The van der Waals surface area contributed by atoms with E-state index in [1.54, 1.807) is 6.92 Å². The van der Waals surface area contributed by atoms with E-state index in [0.717, 1.165) is 49.4 Å². The summed E-state index contributed by atoms with van der Waals surface area (Å²) in [6.45, 7) is 3.27. The zero-order chi connectivity index (χ0) is 19.2. The van der Waals surface area contributed by atoms with Crippen LogP contribution in [0, 0.1) is 5.82 Å². The van der Waals surface area contributed by atoms with E-state index in [9.17, 15) is 9.18 Å². The second kappa shape index (κ2) is 9.34. The molecule has 0 unspecified atom stereocenters. The van der Waals surface area contributed by atoms with Gasteiger partial charge in [-0.15, -0.1) is 0 Å². The first-order chi connectivity index (χ1) is 13.0. The second-order valence-electron chi connectivity index (χ2n) is 7.19. The zero-order valence-electron chi connectivity index (χ0n) is 15.6. The van der Waals surface area contributed by atoms with Gasteiger partial charge in [-0.2, -0.15) is 0 Å². The number of hydrogen-bond donors (Lipinski definition) is 1. The molecule has 0 saturated carbocycles. The predicted octanol–water partition coefficient (Wildman–Crippen LogP) is 4.23. The molecule has 2 atom stereocenters. The molecule has 144 valence electrons. The van der Waals surface area contributed by atoms with Gasteiger partial charge >= 0.3 is 0 Å². The molecule has 3 nitrogen and oxygen atoms in total. The predicted molar refractivity (Wildman–Crippen MR) is 107 cm³/mol. The van der Waals surface area contributed by atoms with Crippen molar-refractivity contribution in [3.8, 4) is 0 Å².